The van der Waals surface area contributed by atoms with Crippen molar-refractivity contribution < 1.29 is 0 Å². The molecule has 0 spiro atoms. The second kappa shape index (κ2) is 3.35. The van der Waals surface area contributed by atoms with E-state index >= 15 is 0 Å². The van der Waals surface area contributed by atoms with Crippen molar-refractivity contribution in [3.05, 3.63) is 41.7 Å². The molecule has 0 radical (unpaired) electrons. The van der Waals surface area contributed by atoms with Gasteiger partial charge in [-0.1, -0.05) is 42.5 Å². The summed E-state index contributed by atoms with van der Waals surface area (Å²) in [5.74, 6) is 0.922. The van der Waals surface area contributed by atoms with Crippen LogP contribution in [0.5, 0.6) is 0 Å². The van der Waals surface area contributed by atoms with Gasteiger partial charge in [0.15, 0.2) is 5.82 Å². The van der Waals surface area contributed by atoms with Gasteiger partial charge in [-0.3, -0.25) is 0 Å². The van der Waals surface area contributed by atoms with Gasteiger partial charge in [0.1, 0.15) is 0 Å². The maximum absolute atomic E-state index is 3.95. The van der Waals surface area contributed by atoms with Gasteiger partial charge >= 0.3 is 0 Å². The predicted octanol–water partition coefficient (Wildman–Crippen LogP) is 1.35. The quantitative estimate of drug-likeness (QED) is 0.747. The van der Waals surface area contributed by atoms with Gasteiger partial charge in [-0.2, -0.15) is 5.21 Å². The first kappa shape index (κ1) is 7.91. The Morgan fingerprint density at radius 2 is 2.00 bits per heavy atom. The summed E-state index contributed by atoms with van der Waals surface area (Å²) in [5, 5.41) is 13.9. The summed E-state index contributed by atoms with van der Waals surface area (Å²) in [4.78, 5) is 0. The molecule has 13 heavy (non-hydrogen) atoms. The van der Waals surface area contributed by atoms with E-state index < -0.39 is 0 Å². The van der Waals surface area contributed by atoms with Gasteiger partial charge in [-0.15, -0.1) is 10.2 Å². The Morgan fingerprint density at radius 3 is 2.62 bits per heavy atom. The minimum Gasteiger partial charge on any atom is -0.177 e. The van der Waals surface area contributed by atoms with Crippen LogP contribution in [0.1, 0.15) is 24.2 Å². The molecule has 0 amide bonds. The zero-order valence-corrected chi connectivity index (χ0v) is 7.31. The summed E-state index contributed by atoms with van der Waals surface area (Å²) in [5.41, 5.74) is 1.20. The van der Waals surface area contributed by atoms with E-state index in [4.69, 9.17) is 0 Å². The lowest BCUT2D eigenvalue weighted by Crippen LogP contribution is -1.98. The Hall–Kier alpha value is -1.71. The first-order valence-electron chi connectivity index (χ1n) is 4.16. The van der Waals surface area contributed by atoms with Crippen LogP contribution in [0.4, 0.5) is 0 Å². The van der Waals surface area contributed by atoms with E-state index in [1.165, 1.54) is 5.56 Å². The molecule has 0 saturated carbocycles. The molecule has 66 valence electrons. The van der Waals surface area contributed by atoms with Crippen LogP contribution >= 0.6 is 0 Å². The number of aromatic amines is 1. The molecule has 1 N–H and O–H groups in total. The fourth-order valence-electron chi connectivity index (χ4n) is 1.24. The summed E-state index contributed by atoms with van der Waals surface area (Å²) < 4.78 is 0. The number of tetrazole rings is 1. The molecule has 1 atom stereocenters. The van der Waals surface area contributed by atoms with Gasteiger partial charge in [-0.05, 0) is 5.56 Å². The molecule has 4 heteroatoms. The zero-order chi connectivity index (χ0) is 9.10. The maximum Gasteiger partial charge on any atom is 0.181 e. The van der Waals surface area contributed by atoms with Crippen LogP contribution in [-0.4, -0.2) is 20.6 Å². The molecule has 4 nitrogen and oxygen atoms in total. The van der Waals surface area contributed by atoms with Crippen LogP contribution in [0, 0.1) is 0 Å². The highest BCUT2D eigenvalue weighted by Gasteiger charge is 2.11. The Labute approximate surface area is 76.0 Å². The lowest BCUT2D eigenvalue weighted by molar-refractivity contribution is 0.821. The number of nitrogens with one attached hydrogen (secondary N) is 1. The van der Waals surface area contributed by atoms with Gasteiger partial charge in [0, 0.05) is 5.92 Å². The molecule has 0 aliphatic rings. The Bertz CT molecular complexity index is 354. The molecule has 0 aliphatic carbocycles. The standard InChI is InChI=1S/C9H10N4/c1-7(9-10-12-13-11-9)8-5-3-2-4-6-8/h2-7H,1H3,(H,10,11,12,13). The van der Waals surface area contributed by atoms with E-state index in [2.05, 4.69) is 39.7 Å². The average molecular weight is 174 g/mol. The smallest absolute Gasteiger partial charge is 0.177 e. The van der Waals surface area contributed by atoms with Crippen molar-refractivity contribution in [3.8, 4) is 0 Å². The third-order valence-corrected chi connectivity index (χ3v) is 2.05. The minimum atomic E-state index is 0.194. The van der Waals surface area contributed by atoms with E-state index in [1.54, 1.807) is 0 Å². The first-order chi connectivity index (χ1) is 6.38. The highest BCUT2D eigenvalue weighted by molar-refractivity contribution is 5.23. The van der Waals surface area contributed by atoms with Gasteiger partial charge in [0.25, 0.3) is 0 Å². The lowest BCUT2D eigenvalue weighted by atomic mass is 10.0. The number of rotatable bonds is 2. The monoisotopic (exact) mass is 174 g/mol. The lowest BCUT2D eigenvalue weighted by Gasteiger charge is -2.05. The molecule has 2 rings (SSSR count). The van der Waals surface area contributed by atoms with Crippen LogP contribution in [0.15, 0.2) is 30.3 Å². The Kier molecular flexibility index (Phi) is 2.04. The number of hydrogen-bond acceptors (Lipinski definition) is 3. The third-order valence-electron chi connectivity index (χ3n) is 2.05. The summed E-state index contributed by atoms with van der Waals surface area (Å²) >= 11 is 0. The van der Waals surface area contributed by atoms with Crippen molar-refractivity contribution in [2.75, 3.05) is 0 Å². The molecule has 1 heterocycles. The molecule has 0 saturated heterocycles. The van der Waals surface area contributed by atoms with Crippen molar-refractivity contribution >= 4 is 0 Å². The van der Waals surface area contributed by atoms with Gasteiger partial charge < -0.3 is 0 Å². The number of nitrogens with zero attached hydrogens (tertiary/aromatic N) is 3. The van der Waals surface area contributed by atoms with Crippen molar-refractivity contribution in [3.63, 3.8) is 0 Å². The number of benzene rings is 1. The third kappa shape index (κ3) is 1.56. The minimum absolute atomic E-state index is 0.194. The molecule has 1 aromatic carbocycles. The largest absolute Gasteiger partial charge is 0.181 e. The Balaban J connectivity index is 2.29. The van der Waals surface area contributed by atoms with E-state index in [0.29, 0.717) is 0 Å². The molecular formula is C9H10N4. The molecule has 2 aromatic rings. The maximum atomic E-state index is 3.95. The second-order valence-corrected chi connectivity index (χ2v) is 2.90. The average Bonchev–Trinajstić information content (AvgIpc) is 2.71. The summed E-state index contributed by atoms with van der Waals surface area (Å²) in [7, 11) is 0. The molecule has 1 unspecified atom stereocenters. The fourth-order valence-corrected chi connectivity index (χ4v) is 1.24. The van der Waals surface area contributed by atoms with Crippen LogP contribution in [0.2, 0.25) is 0 Å². The highest BCUT2D eigenvalue weighted by Crippen LogP contribution is 2.18. The predicted molar refractivity (Wildman–Crippen MR) is 48.1 cm³/mol. The van der Waals surface area contributed by atoms with Crippen molar-refractivity contribution in [1.82, 2.24) is 20.6 Å². The number of H-pyrrole nitrogens is 1. The highest BCUT2D eigenvalue weighted by atomic mass is 15.5. The Morgan fingerprint density at radius 1 is 1.23 bits per heavy atom. The first-order valence-corrected chi connectivity index (χ1v) is 4.16. The molecule has 0 fully saturated rings. The van der Waals surface area contributed by atoms with Crippen LogP contribution < -0.4 is 0 Å². The summed E-state index contributed by atoms with van der Waals surface area (Å²) in [6, 6.07) is 10.1. The molecular weight excluding hydrogens is 164 g/mol. The van der Waals surface area contributed by atoms with E-state index in [-0.39, 0.29) is 5.92 Å². The van der Waals surface area contributed by atoms with Crippen LogP contribution in [0.25, 0.3) is 0 Å². The molecule has 1 aromatic heterocycles. The van der Waals surface area contributed by atoms with E-state index in [0.717, 1.165) is 5.82 Å². The fraction of sp³-hybridized carbons (Fsp3) is 0.222. The van der Waals surface area contributed by atoms with Crippen molar-refractivity contribution in [1.29, 1.82) is 0 Å². The second-order valence-electron chi connectivity index (χ2n) is 2.90. The topological polar surface area (TPSA) is 54.5 Å². The van der Waals surface area contributed by atoms with E-state index in [9.17, 15) is 0 Å². The van der Waals surface area contributed by atoms with Gasteiger partial charge in [-0.25, -0.2) is 0 Å². The van der Waals surface area contributed by atoms with Crippen molar-refractivity contribution in [2.24, 2.45) is 0 Å². The normalized spacial score (nSPS) is 12.7. The number of hydrogen-bond donors (Lipinski definition) is 1. The van der Waals surface area contributed by atoms with Crippen LogP contribution in [-0.2, 0) is 0 Å². The zero-order valence-electron chi connectivity index (χ0n) is 7.31. The van der Waals surface area contributed by atoms with E-state index in [1.807, 2.05) is 18.2 Å². The van der Waals surface area contributed by atoms with Gasteiger partial charge in [0.05, 0.1) is 0 Å². The van der Waals surface area contributed by atoms with Crippen LogP contribution in [0.3, 0.4) is 0 Å². The summed E-state index contributed by atoms with van der Waals surface area (Å²) in [6.45, 7) is 2.06. The summed E-state index contributed by atoms with van der Waals surface area (Å²) in [6.07, 6.45) is 0. The van der Waals surface area contributed by atoms with Gasteiger partial charge in [0.2, 0.25) is 0 Å². The SMILES string of the molecule is CC(c1ccccc1)c1nn[nH]n1. The molecule has 0 aliphatic heterocycles. The molecule has 0 bridgehead atoms. The number of aromatic nitrogens is 4. The van der Waals surface area contributed by atoms with Crippen molar-refractivity contribution in [2.45, 2.75) is 12.8 Å².